The number of carbonyl (C=O) groups excluding carboxylic acids is 2. The number of Topliss-reactive ketones (excluding diaryl/α,β-unsaturated/α-hetero) is 1. The van der Waals surface area contributed by atoms with Crippen molar-refractivity contribution >= 4 is 23.1 Å². The number of ketones is 1. The first-order valence-electron chi connectivity index (χ1n) is 10.9. The lowest BCUT2D eigenvalue weighted by Crippen LogP contribution is -2.44. The van der Waals surface area contributed by atoms with Gasteiger partial charge >= 0.3 is 0 Å². The number of rotatable bonds is 5. The maximum Gasteiger partial charge on any atom is 0.297 e. The monoisotopic (exact) mass is 452 g/mol. The minimum Gasteiger partial charge on any atom is -0.494 e. The van der Waals surface area contributed by atoms with Crippen LogP contribution in [0.25, 0.3) is 0 Å². The van der Waals surface area contributed by atoms with Crippen LogP contribution >= 0.6 is 0 Å². The fourth-order valence-corrected chi connectivity index (χ4v) is 4.80. The molecular formula is C25H25FN2O5. The van der Waals surface area contributed by atoms with Gasteiger partial charge in [0.2, 0.25) is 5.91 Å². The summed E-state index contributed by atoms with van der Waals surface area (Å²) in [4.78, 5) is 39.4. The Morgan fingerprint density at radius 1 is 1.18 bits per heavy atom. The van der Waals surface area contributed by atoms with Gasteiger partial charge in [0.1, 0.15) is 17.3 Å². The third kappa shape index (κ3) is 4.25. The molecule has 2 aliphatic rings. The Bertz CT molecular complexity index is 1190. The van der Waals surface area contributed by atoms with E-state index in [9.17, 15) is 24.1 Å². The molecule has 2 aromatic carbocycles. The molecule has 7 nitrogen and oxygen atoms in total. The molecule has 1 aliphatic heterocycles. The number of hydrogen-bond acceptors (Lipinski definition) is 5. The number of allylic oxidation sites excluding steroid dienone is 2. The van der Waals surface area contributed by atoms with Crippen molar-refractivity contribution in [3.63, 3.8) is 0 Å². The highest BCUT2D eigenvalue weighted by Gasteiger charge is 2.45. The van der Waals surface area contributed by atoms with Crippen LogP contribution < -0.4 is 9.64 Å². The van der Waals surface area contributed by atoms with Crippen molar-refractivity contribution in [2.24, 2.45) is 5.41 Å². The molecule has 0 N–H and O–H groups in total. The summed E-state index contributed by atoms with van der Waals surface area (Å²) in [7, 11) is 0. The summed E-state index contributed by atoms with van der Waals surface area (Å²) in [6, 6.07) is 10.3. The summed E-state index contributed by atoms with van der Waals surface area (Å²) in [6.07, 6.45) is 0.583. The number of benzene rings is 2. The predicted molar refractivity (Wildman–Crippen MR) is 121 cm³/mol. The van der Waals surface area contributed by atoms with Crippen LogP contribution in [0.1, 0.15) is 51.5 Å². The van der Waals surface area contributed by atoms with Gasteiger partial charge in [0.15, 0.2) is 5.78 Å². The van der Waals surface area contributed by atoms with E-state index in [1.807, 2.05) is 13.8 Å². The van der Waals surface area contributed by atoms with Crippen LogP contribution in [-0.2, 0) is 9.59 Å². The topological polar surface area (TPSA) is 89.8 Å². The number of hydrogen-bond donors (Lipinski definition) is 0. The molecule has 1 heterocycles. The molecule has 0 saturated heterocycles. The molecule has 1 atom stereocenters. The van der Waals surface area contributed by atoms with Crippen LogP contribution in [0, 0.1) is 21.3 Å². The number of nitrogens with zero attached hydrogens (tertiary/aromatic N) is 2. The summed E-state index contributed by atoms with van der Waals surface area (Å²) in [5.74, 6) is -1.22. The summed E-state index contributed by atoms with van der Waals surface area (Å²) in [5.41, 5.74) is 0.824. The van der Waals surface area contributed by atoms with Crippen LogP contribution in [0.3, 0.4) is 0 Å². The average Bonchev–Trinajstić information content (AvgIpc) is 2.72. The molecule has 0 fully saturated rings. The van der Waals surface area contributed by atoms with Gasteiger partial charge in [-0.3, -0.25) is 24.6 Å². The Labute approximate surface area is 191 Å². The van der Waals surface area contributed by atoms with Gasteiger partial charge in [-0.1, -0.05) is 26.0 Å². The predicted octanol–water partition coefficient (Wildman–Crippen LogP) is 5.30. The number of nitro benzene ring substituents is 1. The van der Waals surface area contributed by atoms with Crippen LogP contribution in [0.2, 0.25) is 0 Å². The molecule has 0 spiro atoms. The van der Waals surface area contributed by atoms with Gasteiger partial charge in [0.25, 0.3) is 5.69 Å². The van der Waals surface area contributed by atoms with Gasteiger partial charge in [-0.05, 0) is 48.6 Å². The zero-order chi connectivity index (χ0) is 23.9. The average molecular weight is 452 g/mol. The minimum atomic E-state index is -0.593. The highest BCUT2D eigenvalue weighted by atomic mass is 19.1. The lowest BCUT2D eigenvalue weighted by atomic mass is 9.69. The fraction of sp³-hybridized carbons (Fsp3) is 0.360. The normalized spacial score (nSPS) is 20.0. The third-order valence-electron chi connectivity index (χ3n) is 6.09. The number of carbonyl (C=O) groups is 2. The molecule has 0 aromatic heterocycles. The number of amides is 1. The van der Waals surface area contributed by atoms with E-state index < -0.39 is 22.1 Å². The first kappa shape index (κ1) is 22.6. The second-order valence-corrected chi connectivity index (χ2v) is 9.18. The smallest absolute Gasteiger partial charge is 0.297 e. The summed E-state index contributed by atoms with van der Waals surface area (Å²) in [6.45, 7) is 5.96. The molecular weight excluding hydrogens is 427 g/mol. The van der Waals surface area contributed by atoms with Crippen LogP contribution in [0.5, 0.6) is 5.75 Å². The molecule has 1 unspecified atom stereocenters. The van der Waals surface area contributed by atoms with E-state index in [1.165, 1.54) is 29.2 Å². The lowest BCUT2D eigenvalue weighted by Gasteiger charge is -2.42. The molecule has 33 heavy (non-hydrogen) atoms. The van der Waals surface area contributed by atoms with Crippen molar-refractivity contribution in [3.8, 4) is 5.75 Å². The van der Waals surface area contributed by atoms with Crippen molar-refractivity contribution in [2.45, 2.75) is 46.0 Å². The van der Waals surface area contributed by atoms with E-state index in [2.05, 4.69) is 0 Å². The van der Waals surface area contributed by atoms with E-state index in [-0.39, 0.29) is 35.9 Å². The standard InChI is InChI=1S/C25H25FN2O5/c1-4-33-17-8-9-19(20(11-17)28(31)32)27-21-13-25(2,3)14-22(29)24(21)18(12-23(27)30)15-6-5-7-16(26)10-15/h5-11,18H,4,12-14H2,1-3H3. The molecule has 0 bridgehead atoms. The van der Waals surface area contributed by atoms with Crippen LogP contribution in [-0.4, -0.2) is 23.2 Å². The van der Waals surface area contributed by atoms with E-state index in [1.54, 1.807) is 25.1 Å². The van der Waals surface area contributed by atoms with Gasteiger partial charge in [0, 0.05) is 30.0 Å². The number of ether oxygens (including phenoxy) is 1. The second-order valence-electron chi connectivity index (χ2n) is 9.18. The summed E-state index contributed by atoms with van der Waals surface area (Å²) < 4.78 is 19.4. The van der Waals surface area contributed by atoms with E-state index >= 15 is 0 Å². The van der Waals surface area contributed by atoms with E-state index in [4.69, 9.17) is 4.74 Å². The van der Waals surface area contributed by atoms with Gasteiger partial charge < -0.3 is 4.74 Å². The van der Waals surface area contributed by atoms with Crippen molar-refractivity contribution in [1.82, 2.24) is 0 Å². The van der Waals surface area contributed by atoms with Crippen molar-refractivity contribution < 1.29 is 23.6 Å². The van der Waals surface area contributed by atoms with Gasteiger partial charge in [-0.2, -0.15) is 0 Å². The first-order valence-corrected chi connectivity index (χ1v) is 10.9. The number of anilines is 1. The Morgan fingerprint density at radius 3 is 2.61 bits per heavy atom. The highest BCUT2D eigenvalue weighted by Crippen LogP contribution is 2.49. The van der Waals surface area contributed by atoms with Gasteiger partial charge in [-0.25, -0.2) is 4.39 Å². The fourth-order valence-electron chi connectivity index (χ4n) is 4.80. The maximum atomic E-state index is 14.0. The number of halogens is 1. The quantitative estimate of drug-likeness (QED) is 0.454. The zero-order valence-corrected chi connectivity index (χ0v) is 18.8. The molecule has 1 aliphatic carbocycles. The van der Waals surface area contributed by atoms with Crippen LogP contribution in [0.15, 0.2) is 53.7 Å². The molecule has 0 radical (unpaired) electrons. The first-order chi connectivity index (χ1) is 15.6. The van der Waals surface area contributed by atoms with Gasteiger partial charge in [0.05, 0.1) is 17.6 Å². The van der Waals surface area contributed by atoms with Crippen LogP contribution in [0.4, 0.5) is 15.8 Å². The lowest BCUT2D eigenvalue weighted by molar-refractivity contribution is -0.384. The Balaban J connectivity index is 1.92. The van der Waals surface area contributed by atoms with Crippen molar-refractivity contribution in [3.05, 3.63) is 75.2 Å². The molecule has 2 aromatic rings. The Morgan fingerprint density at radius 2 is 1.94 bits per heavy atom. The Kier molecular flexibility index (Phi) is 5.78. The Hall–Kier alpha value is -3.55. The van der Waals surface area contributed by atoms with E-state index in [0.29, 0.717) is 35.6 Å². The largest absolute Gasteiger partial charge is 0.494 e. The zero-order valence-electron chi connectivity index (χ0n) is 18.8. The summed E-state index contributed by atoms with van der Waals surface area (Å²) >= 11 is 0. The molecule has 4 rings (SSSR count). The van der Waals surface area contributed by atoms with Gasteiger partial charge in [-0.15, -0.1) is 0 Å². The van der Waals surface area contributed by atoms with Crippen molar-refractivity contribution in [2.75, 3.05) is 11.5 Å². The van der Waals surface area contributed by atoms with E-state index in [0.717, 1.165) is 0 Å². The van der Waals surface area contributed by atoms with Crippen molar-refractivity contribution in [1.29, 1.82) is 0 Å². The molecule has 8 heteroatoms. The summed E-state index contributed by atoms with van der Waals surface area (Å²) in [5, 5.41) is 11.9. The molecule has 1 amide bonds. The SMILES string of the molecule is CCOc1ccc(N2C(=O)CC(c3cccc(F)c3)C3=C2CC(C)(C)CC3=O)c([N+](=O)[O-])c1. The highest BCUT2D eigenvalue weighted by molar-refractivity contribution is 6.08. The molecule has 0 saturated carbocycles. The maximum absolute atomic E-state index is 14.0. The minimum absolute atomic E-state index is 0.0845. The third-order valence-corrected chi connectivity index (χ3v) is 6.09. The second kappa shape index (κ2) is 8.42. The number of nitro groups is 1. The molecule has 172 valence electrons.